The molecule has 0 aliphatic heterocycles. The zero-order chi connectivity index (χ0) is 8.55. The molecule has 2 rings (SSSR count). The molecule has 2 aromatic heterocycles. The molecule has 62 valence electrons. The summed E-state index contributed by atoms with van der Waals surface area (Å²) >= 11 is 0. The summed E-state index contributed by atoms with van der Waals surface area (Å²) in [5, 5.41) is 12.7. The van der Waals surface area contributed by atoms with Crippen molar-refractivity contribution in [3.8, 4) is 0 Å². The van der Waals surface area contributed by atoms with Crippen LogP contribution >= 0.6 is 0 Å². The van der Waals surface area contributed by atoms with Gasteiger partial charge in [-0.1, -0.05) is 0 Å². The van der Waals surface area contributed by atoms with Gasteiger partial charge in [0.2, 0.25) is 0 Å². The fraction of sp³-hybridized carbons (Fsp3) is 0.143. The third kappa shape index (κ3) is 0.998. The van der Waals surface area contributed by atoms with Crippen LogP contribution in [0.4, 0.5) is 0 Å². The predicted molar refractivity (Wildman–Crippen MR) is 41.7 cm³/mol. The third-order valence-corrected chi connectivity index (χ3v) is 1.57. The van der Waals surface area contributed by atoms with Gasteiger partial charge in [-0.3, -0.25) is 4.79 Å². The average molecular weight is 165 g/mol. The van der Waals surface area contributed by atoms with Crippen LogP contribution in [0.15, 0.2) is 23.1 Å². The minimum atomic E-state index is -0.174. The van der Waals surface area contributed by atoms with Crippen molar-refractivity contribution in [3.63, 3.8) is 0 Å². The maximum atomic E-state index is 10.8. The first kappa shape index (κ1) is 7.05. The highest BCUT2D eigenvalue weighted by Gasteiger charge is 1.99. The molecule has 0 atom stereocenters. The molecular weight excluding hydrogens is 158 g/mol. The van der Waals surface area contributed by atoms with Crippen LogP contribution in [-0.4, -0.2) is 19.7 Å². The Morgan fingerprint density at radius 1 is 1.67 bits per heavy atom. The third-order valence-electron chi connectivity index (χ3n) is 1.57. The molecule has 12 heavy (non-hydrogen) atoms. The standard InChI is InChI=1S/C7H7N3O2/c11-4-5-3-6-8-7(12)1-2-10(6)9-5/h1-3,11H,4H2,(H,8,12). The van der Waals surface area contributed by atoms with E-state index in [1.165, 1.54) is 10.6 Å². The first-order valence-corrected chi connectivity index (χ1v) is 3.48. The van der Waals surface area contributed by atoms with Crippen molar-refractivity contribution < 1.29 is 5.11 Å². The quantitative estimate of drug-likeness (QED) is 0.599. The van der Waals surface area contributed by atoms with Gasteiger partial charge in [0.25, 0.3) is 5.56 Å². The molecule has 0 aliphatic carbocycles. The van der Waals surface area contributed by atoms with Crippen LogP contribution in [0.3, 0.4) is 0 Å². The predicted octanol–water partition coefficient (Wildman–Crippen LogP) is -0.485. The fourth-order valence-corrected chi connectivity index (χ4v) is 1.04. The Morgan fingerprint density at radius 2 is 2.50 bits per heavy atom. The summed E-state index contributed by atoms with van der Waals surface area (Å²) in [6, 6.07) is 3.00. The van der Waals surface area contributed by atoms with Crippen molar-refractivity contribution >= 4 is 5.65 Å². The van der Waals surface area contributed by atoms with Gasteiger partial charge in [-0.2, -0.15) is 5.10 Å². The van der Waals surface area contributed by atoms with Crippen molar-refractivity contribution in [1.82, 2.24) is 14.6 Å². The number of aliphatic hydroxyl groups excluding tert-OH is 1. The van der Waals surface area contributed by atoms with Crippen molar-refractivity contribution in [2.24, 2.45) is 0 Å². The van der Waals surface area contributed by atoms with E-state index >= 15 is 0 Å². The second kappa shape index (κ2) is 2.46. The summed E-state index contributed by atoms with van der Waals surface area (Å²) in [7, 11) is 0. The first-order chi connectivity index (χ1) is 5.79. The molecule has 0 aromatic carbocycles. The van der Waals surface area contributed by atoms with Gasteiger partial charge < -0.3 is 10.1 Å². The highest BCUT2D eigenvalue weighted by atomic mass is 16.3. The van der Waals surface area contributed by atoms with E-state index in [-0.39, 0.29) is 12.2 Å². The molecule has 0 saturated carbocycles. The Kier molecular flexibility index (Phi) is 1.44. The van der Waals surface area contributed by atoms with Gasteiger partial charge in [0.05, 0.1) is 12.3 Å². The molecule has 0 saturated heterocycles. The zero-order valence-electron chi connectivity index (χ0n) is 6.19. The second-order valence-corrected chi connectivity index (χ2v) is 2.43. The first-order valence-electron chi connectivity index (χ1n) is 3.48. The number of aromatic amines is 1. The summed E-state index contributed by atoms with van der Waals surface area (Å²) < 4.78 is 1.51. The molecule has 0 spiro atoms. The van der Waals surface area contributed by atoms with Crippen LogP contribution in [0.1, 0.15) is 5.69 Å². The normalized spacial score (nSPS) is 10.8. The van der Waals surface area contributed by atoms with Crippen LogP contribution in [0.5, 0.6) is 0 Å². The summed E-state index contributed by atoms with van der Waals surface area (Å²) in [5.41, 5.74) is 0.954. The van der Waals surface area contributed by atoms with Crippen LogP contribution < -0.4 is 5.56 Å². The number of fused-ring (bicyclic) bond motifs is 1. The van der Waals surface area contributed by atoms with Crippen LogP contribution in [0.2, 0.25) is 0 Å². The number of hydrogen-bond acceptors (Lipinski definition) is 3. The van der Waals surface area contributed by atoms with Crippen LogP contribution in [0, 0.1) is 0 Å². The van der Waals surface area contributed by atoms with Gasteiger partial charge in [0, 0.05) is 18.3 Å². The van der Waals surface area contributed by atoms with Gasteiger partial charge in [-0.25, -0.2) is 4.52 Å². The number of aliphatic hydroxyl groups is 1. The molecule has 0 bridgehead atoms. The van der Waals surface area contributed by atoms with E-state index in [2.05, 4.69) is 10.1 Å². The molecule has 0 aliphatic rings. The SMILES string of the molecule is O=c1ccn2nc(CO)cc2[nH]1. The van der Waals surface area contributed by atoms with Crippen molar-refractivity contribution in [1.29, 1.82) is 0 Å². The van der Waals surface area contributed by atoms with Crippen molar-refractivity contribution in [3.05, 3.63) is 34.4 Å². The number of nitrogens with one attached hydrogen (secondary N) is 1. The molecule has 2 N–H and O–H groups in total. The molecule has 0 unspecified atom stereocenters. The maximum Gasteiger partial charge on any atom is 0.251 e. The fourth-order valence-electron chi connectivity index (χ4n) is 1.04. The van der Waals surface area contributed by atoms with Crippen molar-refractivity contribution in [2.75, 3.05) is 0 Å². The lowest BCUT2D eigenvalue weighted by Crippen LogP contribution is -2.05. The lowest BCUT2D eigenvalue weighted by Gasteiger charge is -1.87. The van der Waals surface area contributed by atoms with Gasteiger partial charge in [0.1, 0.15) is 5.65 Å². The lowest BCUT2D eigenvalue weighted by molar-refractivity contribution is 0.276. The molecule has 5 heteroatoms. The molecular formula is C7H7N3O2. The maximum absolute atomic E-state index is 10.8. The minimum Gasteiger partial charge on any atom is -0.390 e. The highest BCUT2D eigenvalue weighted by molar-refractivity contribution is 5.37. The largest absolute Gasteiger partial charge is 0.390 e. The second-order valence-electron chi connectivity index (χ2n) is 2.43. The number of aromatic nitrogens is 3. The van der Waals surface area contributed by atoms with E-state index in [1.807, 2.05) is 0 Å². The van der Waals surface area contributed by atoms with Gasteiger partial charge >= 0.3 is 0 Å². The Bertz CT molecular complexity index is 457. The summed E-state index contributed by atoms with van der Waals surface area (Å²) in [4.78, 5) is 13.4. The van der Waals surface area contributed by atoms with Gasteiger partial charge in [-0.15, -0.1) is 0 Å². The number of nitrogens with zero attached hydrogens (tertiary/aromatic N) is 2. The molecule has 5 nitrogen and oxygen atoms in total. The highest BCUT2D eigenvalue weighted by Crippen LogP contribution is 1.99. The molecule has 2 aromatic rings. The zero-order valence-corrected chi connectivity index (χ0v) is 6.19. The van der Waals surface area contributed by atoms with Crippen LogP contribution in [0.25, 0.3) is 5.65 Å². The van der Waals surface area contributed by atoms with E-state index in [0.29, 0.717) is 11.3 Å². The van der Waals surface area contributed by atoms with Gasteiger partial charge in [0.15, 0.2) is 0 Å². The lowest BCUT2D eigenvalue weighted by atomic mass is 10.4. The van der Waals surface area contributed by atoms with E-state index in [0.717, 1.165) is 0 Å². The van der Waals surface area contributed by atoms with E-state index in [9.17, 15) is 4.79 Å². The summed E-state index contributed by atoms with van der Waals surface area (Å²) in [6.07, 6.45) is 1.55. The Labute approximate surface area is 67.3 Å². The Morgan fingerprint density at radius 3 is 3.25 bits per heavy atom. The molecule has 0 radical (unpaired) electrons. The monoisotopic (exact) mass is 165 g/mol. The summed E-state index contributed by atoms with van der Waals surface area (Å²) in [6.45, 7) is -0.121. The molecule has 0 fully saturated rings. The summed E-state index contributed by atoms with van der Waals surface area (Å²) in [5.74, 6) is 0. The molecule has 2 heterocycles. The Hall–Kier alpha value is -1.62. The number of H-pyrrole nitrogens is 1. The smallest absolute Gasteiger partial charge is 0.251 e. The van der Waals surface area contributed by atoms with Crippen LogP contribution in [-0.2, 0) is 6.61 Å². The number of rotatable bonds is 1. The Balaban J connectivity index is 2.75. The van der Waals surface area contributed by atoms with Crippen molar-refractivity contribution in [2.45, 2.75) is 6.61 Å². The molecule has 0 amide bonds. The van der Waals surface area contributed by atoms with Gasteiger partial charge in [-0.05, 0) is 0 Å². The topological polar surface area (TPSA) is 70.4 Å². The number of hydrogen-bond donors (Lipinski definition) is 2. The average Bonchev–Trinajstić information content (AvgIpc) is 2.46. The van der Waals surface area contributed by atoms with E-state index in [4.69, 9.17) is 5.11 Å². The van der Waals surface area contributed by atoms with E-state index in [1.54, 1.807) is 12.3 Å². The van der Waals surface area contributed by atoms with E-state index < -0.39 is 0 Å². The minimum absolute atomic E-state index is 0.121.